The van der Waals surface area contributed by atoms with Crippen LogP contribution in [0.2, 0.25) is 0 Å². The minimum Gasteiger partial charge on any atom is -0.493 e. The van der Waals surface area contributed by atoms with Gasteiger partial charge in [-0.2, -0.15) is 0 Å². The smallest absolute Gasteiger partial charge is 0.343 e. The second kappa shape index (κ2) is 17.6. The molecule has 0 aromatic heterocycles. The Bertz CT molecular complexity index is 1470. The Labute approximate surface area is 260 Å². The minimum absolute atomic E-state index is 0.0178. The third-order valence-electron chi connectivity index (χ3n) is 6.07. The van der Waals surface area contributed by atoms with E-state index in [-0.39, 0.29) is 44.0 Å². The number of hydrogen-bond donors (Lipinski definition) is 1. The normalized spacial score (nSPS) is 10.3. The summed E-state index contributed by atoms with van der Waals surface area (Å²) in [5.41, 5.74) is 2.17. The van der Waals surface area contributed by atoms with Crippen molar-refractivity contribution < 1.29 is 52.7 Å². The highest BCUT2D eigenvalue weighted by Crippen LogP contribution is 2.24. The fourth-order valence-electron chi connectivity index (χ4n) is 3.61. The Hall–Kier alpha value is -5.42. The van der Waals surface area contributed by atoms with Gasteiger partial charge in [0.25, 0.3) is 0 Å². The zero-order valence-electron chi connectivity index (χ0n) is 24.8. The number of carbonyl (C=O) groups excluding carboxylic acids is 4. The zero-order chi connectivity index (χ0) is 32.6. The molecular weight excluding hydrogens is 584 g/mol. The Kier molecular flexibility index (Phi) is 13.4. The van der Waals surface area contributed by atoms with Crippen molar-refractivity contribution in [3.8, 4) is 28.4 Å². The summed E-state index contributed by atoms with van der Waals surface area (Å²) in [6.45, 7) is 6.99. The van der Waals surface area contributed by atoms with Crippen LogP contribution in [-0.4, -0.2) is 69.1 Å². The van der Waals surface area contributed by atoms with Crippen LogP contribution in [0.3, 0.4) is 0 Å². The first-order valence-corrected chi connectivity index (χ1v) is 13.9. The van der Waals surface area contributed by atoms with Gasteiger partial charge in [0.1, 0.15) is 30.5 Å². The second-order valence-electron chi connectivity index (χ2n) is 9.40. The number of esters is 4. The van der Waals surface area contributed by atoms with Crippen molar-refractivity contribution in [2.75, 3.05) is 40.1 Å². The summed E-state index contributed by atoms with van der Waals surface area (Å²) < 4.78 is 31.1. The third kappa shape index (κ3) is 11.3. The molecule has 0 saturated carbocycles. The van der Waals surface area contributed by atoms with E-state index in [2.05, 4.69) is 17.9 Å². The van der Waals surface area contributed by atoms with E-state index < -0.39 is 30.5 Å². The van der Waals surface area contributed by atoms with E-state index in [9.17, 15) is 19.2 Å². The fourth-order valence-corrected chi connectivity index (χ4v) is 3.61. The molecule has 11 heteroatoms. The number of aliphatic hydroxyl groups is 1. The monoisotopic (exact) mass is 618 g/mol. The second-order valence-corrected chi connectivity index (χ2v) is 9.40. The third-order valence-corrected chi connectivity index (χ3v) is 6.07. The molecule has 0 amide bonds. The van der Waals surface area contributed by atoms with Gasteiger partial charge in [0, 0.05) is 12.0 Å². The van der Waals surface area contributed by atoms with Crippen LogP contribution in [0, 0.1) is 0 Å². The van der Waals surface area contributed by atoms with Crippen LogP contribution in [0.5, 0.6) is 17.2 Å². The molecule has 0 fully saturated rings. The van der Waals surface area contributed by atoms with Crippen molar-refractivity contribution in [3.05, 3.63) is 103 Å². The molecule has 0 aliphatic rings. The van der Waals surface area contributed by atoms with Crippen LogP contribution < -0.4 is 14.2 Å². The highest BCUT2D eigenvalue weighted by Gasteiger charge is 2.13. The van der Waals surface area contributed by atoms with Crippen LogP contribution in [0.1, 0.15) is 23.2 Å². The first-order valence-electron chi connectivity index (χ1n) is 13.9. The van der Waals surface area contributed by atoms with E-state index >= 15 is 0 Å². The van der Waals surface area contributed by atoms with Crippen molar-refractivity contribution in [1.82, 2.24) is 0 Å². The van der Waals surface area contributed by atoms with Gasteiger partial charge in [0.05, 0.1) is 44.5 Å². The lowest BCUT2D eigenvalue weighted by molar-refractivity contribution is -0.144. The molecule has 0 bridgehead atoms. The summed E-state index contributed by atoms with van der Waals surface area (Å²) in [4.78, 5) is 47.1. The summed E-state index contributed by atoms with van der Waals surface area (Å²) in [6, 6.07) is 20.8. The molecule has 45 heavy (non-hydrogen) atoms. The van der Waals surface area contributed by atoms with Crippen molar-refractivity contribution in [2.24, 2.45) is 0 Å². The van der Waals surface area contributed by atoms with Crippen LogP contribution in [0.4, 0.5) is 0 Å². The minimum atomic E-state index is -0.665. The number of carbonyl (C=O) groups is 4. The molecule has 0 radical (unpaired) electrons. The first-order chi connectivity index (χ1) is 21.7. The molecule has 0 unspecified atom stereocenters. The molecule has 0 aliphatic carbocycles. The molecule has 0 aliphatic heterocycles. The Balaban J connectivity index is 1.39. The molecule has 3 aromatic rings. The number of rotatable bonds is 17. The van der Waals surface area contributed by atoms with Gasteiger partial charge < -0.3 is 33.5 Å². The van der Waals surface area contributed by atoms with Crippen LogP contribution >= 0.6 is 0 Å². The maximum absolute atomic E-state index is 12.6. The maximum Gasteiger partial charge on any atom is 0.343 e. The number of aliphatic hydroxyl groups excluding tert-OH is 1. The van der Waals surface area contributed by atoms with Crippen molar-refractivity contribution in [2.45, 2.75) is 12.8 Å². The lowest BCUT2D eigenvalue weighted by Gasteiger charge is -2.10. The quantitative estimate of drug-likeness (QED) is 0.0752. The molecule has 236 valence electrons. The van der Waals surface area contributed by atoms with Gasteiger partial charge in [-0.1, -0.05) is 37.4 Å². The van der Waals surface area contributed by atoms with Gasteiger partial charge in [-0.25, -0.2) is 14.4 Å². The van der Waals surface area contributed by atoms with E-state index in [4.69, 9.17) is 28.8 Å². The number of hydrogen-bond acceptors (Lipinski definition) is 11. The van der Waals surface area contributed by atoms with E-state index in [1.807, 2.05) is 24.3 Å². The van der Waals surface area contributed by atoms with Gasteiger partial charge in [-0.05, 0) is 59.7 Å². The van der Waals surface area contributed by atoms with Gasteiger partial charge in [-0.3, -0.25) is 4.79 Å². The highest BCUT2D eigenvalue weighted by atomic mass is 16.6. The summed E-state index contributed by atoms with van der Waals surface area (Å²) in [5, 5.41) is 8.87. The summed E-state index contributed by atoms with van der Waals surface area (Å²) >= 11 is 0. The van der Waals surface area contributed by atoms with Crippen molar-refractivity contribution >= 4 is 23.9 Å². The summed E-state index contributed by atoms with van der Waals surface area (Å²) in [5.74, 6) is -0.929. The average Bonchev–Trinajstić information content (AvgIpc) is 3.06. The van der Waals surface area contributed by atoms with Gasteiger partial charge in [-0.15, -0.1) is 0 Å². The van der Waals surface area contributed by atoms with Crippen LogP contribution in [0.25, 0.3) is 11.1 Å². The van der Waals surface area contributed by atoms with Gasteiger partial charge >= 0.3 is 23.9 Å². The topological polar surface area (TPSA) is 144 Å². The molecule has 0 spiro atoms. The van der Waals surface area contributed by atoms with Crippen molar-refractivity contribution in [3.63, 3.8) is 0 Å². The van der Waals surface area contributed by atoms with Gasteiger partial charge in [0.15, 0.2) is 0 Å². The largest absolute Gasteiger partial charge is 0.493 e. The molecule has 3 aromatic carbocycles. The Morgan fingerprint density at radius 1 is 0.644 bits per heavy atom. The molecule has 0 heterocycles. The summed E-state index contributed by atoms with van der Waals surface area (Å²) in [6.07, 6.45) is 0.194. The average molecular weight is 619 g/mol. The number of ether oxygens (including phenoxy) is 6. The van der Waals surface area contributed by atoms with Gasteiger partial charge in [0.2, 0.25) is 0 Å². The van der Waals surface area contributed by atoms with Crippen LogP contribution in [0.15, 0.2) is 97.1 Å². The molecular formula is C34H34O11. The fraction of sp³-hybridized carbons (Fsp3) is 0.235. The van der Waals surface area contributed by atoms with E-state index in [1.165, 1.54) is 7.11 Å². The SMILES string of the molecule is C=C(CO)C(=O)OCCOc1ccc(-c2ccc(C(=O)Oc3ccc(OCCCOC(=O)C(=C)CC(=O)OC)cc3)cc2)cc1. The standard InChI is InChI=1S/C34H34O11/c1-23(21-31(36)40-3)32(37)43-18-4-17-41-29-13-15-30(16-14-29)45-34(39)27-7-5-25(6-8-27)26-9-11-28(12-10-26)42-19-20-44-33(38)24(2)22-35/h5-16,35H,1-2,4,17-22H2,3H3. The molecule has 0 saturated heterocycles. The predicted molar refractivity (Wildman–Crippen MR) is 163 cm³/mol. The zero-order valence-corrected chi connectivity index (χ0v) is 24.8. The maximum atomic E-state index is 12.6. The molecule has 1 N–H and O–H groups in total. The van der Waals surface area contributed by atoms with E-state index in [0.717, 1.165) is 11.1 Å². The van der Waals surface area contributed by atoms with Crippen LogP contribution in [-0.2, 0) is 28.6 Å². The molecule has 3 rings (SSSR count). The lowest BCUT2D eigenvalue weighted by atomic mass is 10.0. The predicted octanol–water partition coefficient (Wildman–Crippen LogP) is 4.47. The highest BCUT2D eigenvalue weighted by molar-refractivity contribution is 5.93. The number of methoxy groups -OCH3 is 1. The molecule has 11 nitrogen and oxygen atoms in total. The summed E-state index contributed by atoms with van der Waals surface area (Å²) in [7, 11) is 1.22. The molecule has 0 atom stereocenters. The Morgan fingerprint density at radius 2 is 1.16 bits per heavy atom. The van der Waals surface area contributed by atoms with E-state index in [0.29, 0.717) is 29.2 Å². The first kappa shape index (κ1) is 34.1. The Morgan fingerprint density at radius 3 is 1.76 bits per heavy atom. The lowest BCUT2D eigenvalue weighted by Crippen LogP contribution is -2.14. The number of benzene rings is 3. The van der Waals surface area contributed by atoms with Crippen molar-refractivity contribution in [1.29, 1.82) is 0 Å². The van der Waals surface area contributed by atoms with E-state index in [1.54, 1.807) is 48.5 Å².